The predicted octanol–water partition coefficient (Wildman–Crippen LogP) is 2.27. The van der Waals surface area contributed by atoms with E-state index in [4.69, 9.17) is 0 Å². The Morgan fingerprint density at radius 1 is 1.16 bits per heavy atom. The van der Waals surface area contributed by atoms with Gasteiger partial charge in [0.15, 0.2) is 5.69 Å². The van der Waals surface area contributed by atoms with Crippen LogP contribution in [0.1, 0.15) is 23.0 Å². The van der Waals surface area contributed by atoms with Gasteiger partial charge in [0.25, 0.3) is 5.91 Å². The first-order chi connectivity index (χ1) is 12.1. The number of carbonyl (C=O) groups is 2. The Bertz CT molecular complexity index is 963. The Labute approximate surface area is 144 Å². The second kappa shape index (κ2) is 6.05. The second-order valence-corrected chi connectivity index (χ2v) is 6.18. The van der Waals surface area contributed by atoms with Crippen LogP contribution in [0.5, 0.6) is 0 Å². The van der Waals surface area contributed by atoms with Crippen LogP contribution in [0.3, 0.4) is 0 Å². The standard InChI is InChI=1S/C19H18N4O2/c1-12(19(25)23-11-10-13-6-2-5-9-16(13)23)20-18(24)17-14-7-3-4-8-15(14)21-22-17/h2-9,12H,10-11H2,1H3,(H,20,24)(H,21,22). The third-order valence-corrected chi connectivity index (χ3v) is 4.56. The molecule has 6 heteroatoms. The van der Waals surface area contributed by atoms with Crippen molar-refractivity contribution in [3.8, 4) is 0 Å². The molecule has 1 atom stereocenters. The van der Waals surface area contributed by atoms with Gasteiger partial charge in [-0.15, -0.1) is 0 Å². The van der Waals surface area contributed by atoms with Crippen LogP contribution in [0, 0.1) is 0 Å². The van der Waals surface area contributed by atoms with Crippen LogP contribution >= 0.6 is 0 Å². The lowest BCUT2D eigenvalue weighted by Gasteiger charge is -2.22. The number of anilines is 1. The highest BCUT2D eigenvalue weighted by molar-refractivity contribution is 6.07. The number of nitrogens with zero attached hydrogens (tertiary/aromatic N) is 2. The number of fused-ring (bicyclic) bond motifs is 2. The van der Waals surface area contributed by atoms with E-state index in [1.165, 1.54) is 0 Å². The smallest absolute Gasteiger partial charge is 0.273 e. The van der Waals surface area contributed by atoms with Gasteiger partial charge in [-0.05, 0) is 31.0 Å². The summed E-state index contributed by atoms with van der Waals surface area (Å²) in [4.78, 5) is 27.0. The number of para-hydroxylation sites is 2. The minimum atomic E-state index is -0.630. The monoisotopic (exact) mass is 334 g/mol. The average Bonchev–Trinajstić information content (AvgIpc) is 3.25. The first-order valence-corrected chi connectivity index (χ1v) is 8.28. The van der Waals surface area contributed by atoms with Gasteiger partial charge in [-0.25, -0.2) is 0 Å². The van der Waals surface area contributed by atoms with E-state index < -0.39 is 6.04 Å². The summed E-state index contributed by atoms with van der Waals surface area (Å²) in [6.45, 7) is 2.35. The van der Waals surface area contributed by atoms with E-state index in [-0.39, 0.29) is 11.8 Å². The fourth-order valence-corrected chi connectivity index (χ4v) is 3.26. The zero-order valence-electron chi connectivity index (χ0n) is 13.8. The summed E-state index contributed by atoms with van der Waals surface area (Å²) in [5.41, 5.74) is 3.18. The Morgan fingerprint density at radius 3 is 2.80 bits per heavy atom. The lowest BCUT2D eigenvalue weighted by molar-refractivity contribution is -0.119. The van der Waals surface area contributed by atoms with E-state index in [0.717, 1.165) is 28.6 Å². The molecule has 0 spiro atoms. The van der Waals surface area contributed by atoms with Crippen molar-refractivity contribution in [1.29, 1.82) is 0 Å². The molecule has 3 aromatic rings. The summed E-state index contributed by atoms with van der Waals surface area (Å²) in [5.74, 6) is -0.469. The highest BCUT2D eigenvalue weighted by Crippen LogP contribution is 2.27. The molecular formula is C19H18N4O2. The van der Waals surface area contributed by atoms with E-state index in [9.17, 15) is 9.59 Å². The summed E-state index contributed by atoms with van der Waals surface area (Å²) in [7, 11) is 0. The maximum absolute atomic E-state index is 12.8. The number of H-pyrrole nitrogens is 1. The van der Waals surface area contributed by atoms with Crippen molar-refractivity contribution in [2.75, 3.05) is 11.4 Å². The number of rotatable bonds is 3. The highest BCUT2D eigenvalue weighted by Gasteiger charge is 2.29. The topological polar surface area (TPSA) is 78.1 Å². The molecule has 25 heavy (non-hydrogen) atoms. The molecule has 6 nitrogen and oxygen atoms in total. The van der Waals surface area contributed by atoms with Crippen LogP contribution in [0.25, 0.3) is 10.9 Å². The van der Waals surface area contributed by atoms with Gasteiger partial charge in [0, 0.05) is 17.6 Å². The first kappa shape index (κ1) is 15.4. The number of amides is 2. The average molecular weight is 334 g/mol. The van der Waals surface area contributed by atoms with Crippen LogP contribution in [0.15, 0.2) is 48.5 Å². The minimum Gasteiger partial charge on any atom is -0.339 e. The van der Waals surface area contributed by atoms with Crippen LogP contribution in [-0.4, -0.2) is 34.6 Å². The maximum Gasteiger partial charge on any atom is 0.273 e. The third-order valence-electron chi connectivity index (χ3n) is 4.56. The van der Waals surface area contributed by atoms with E-state index in [1.54, 1.807) is 11.8 Å². The van der Waals surface area contributed by atoms with Crippen molar-refractivity contribution in [2.45, 2.75) is 19.4 Å². The normalized spacial score (nSPS) is 14.4. The molecule has 2 amide bonds. The van der Waals surface area contributed by atoms with Crippen LogP contribution in [0.4, 0.5) is 5.69 Å². The van der Waals surface area contributed by atoms with Gasteiger partial charge >= 0.3 is 0 Å². The highest BCUT2D eigenvalue weighted by atomic mass is 16.2. The fraction of sp³-hybridized carbons (Fsp3) is 0.211. The van der Waals surface area contributed by atoms with Gasteiger partial charge in [0.05, 0.1) is 5.52 Å². The molecule has 0 saturated heterocycles. The first-order valence-electron chi connectivity index (χ1n) is 8.28. The van der Waals surface area contributed by atoms with Gasteiger partial charge < -0.3 is 10.2 Å². The number of aromatic nitrogens is 2. The number of carbonyl (C=O) groups excluding carboxylic acids is 2. The maximum atomic E-state index is 12.8. The Kier molecular flexibility index (Phi) is 3.72. The van der Waals surface area contributed by atoms with Gasteiger partial charge in [0.2, 0.25) is 5.91 Å². The quantitative estimate of drug-likeness (QED) is 0.771. The molecule has 0 radical (unpaired) electrons. The molecule has 126 valence electrons. The van der Waals surface area contributed by atoms with E-state index in [0.29, 0.717) is 12.2 Å². The summed E-state index contributed by atoms with van der Waals surface area (Å²) in [5, 5.41) is 10.4. The largest absolute Gasteiger partial charge is 0.339 e. The molecule has 1 aliphatic rings. The summed E-state index contributed by atoms with van der Waals surface area (Å²) >= 11 is 0. The Balaban J connectivity index is 1.51. The third kappa shape index (κ3) is 2.65. The van der Waals surface area contributed by atoms with Gasteiger partial charge in [-0.1, -0.05) is 36.4 Å². The van der Waals surface area contributed by atoms with Crippen molar-refractivity contribution < 1.29 is 9.59 Å². The SMILES string of the molecule is CC(NC(=O)c1n[nH]c2ccccc12)C(=O)N1CCc2ccccc21. The molecule has 2 aromatic carbocycles. The summed E-state index contributed by atoms with van der Waals surface area (Å²) in [6.07, 6.45) is 0.840. The molecule has 1 aliphatic heterocycles. The van der Waals surface area contributed by atoms with E-state index in [1.807, 2.05) is 48.5 Å². The molecule has 0 fully saturated rings. The van der Waals surface area contributed by atoms with E-state index in [2.05, 4.69) is 15.5 Å². The van der Waals surface area contributed by atoms with Crippen LogP contribution in [0.2, 0.25) is 0 Å². The van der Waals surface area contributed by atoms with Crippen LogP contribution in [-0.2, 0) is 11.2 Å². The number of hydrogen-bond acceptors (Lipinski definition) is 3. The zero-order valence-corrected chi connectivity index (χ0v) is 13.8. The van der Waals surface area contributed by atoms with Crippen LogP contribution < -0.4 is 10.2 Å². The number of hydrogen-bond donors (Lipinski definition) is 2. The van der Waals surface area contributed by atoms with Crippen molar-refractivity contribution in [3.63, 3.8) is 0 Å². The zero-order chi connectivity index (χ0) is 17.4. The van der Waals surface area contributed by atoms with Crippen molar-refractivity contribution in [2.24, 2.45) is 0 Å². The summed E-state index contributed by atoms with van der Waals surface area (Å²) < 4.78 is 0. The number of aromatic amines is 1. The van der Waals surface area contributed by atoms with Crippen molar-refractivity contribution in [1.82, 2.24) is 15.5 Å². The molecule has 1 aromatic heterocycles. The molecule has 0 bridgehead atoms. The lowest BCUT2D eigenvalue weighted by Crippen LogP contribution is -2.46. The number of benzene rings is 2. The number of nitrogens with one attached hydrogen (secondary N) is 2. The molecular weight excluding hydrogens is 316 g/mol. The summed E-state index contributed by atoms with van der Waals surface area (Å²) in [6, 6.07) is 14.6. The van der Waals surface area contributed by atoms with Gasteiger partial charge in [-0.3, -0.25) is 14.7 Å². The Morgan fingerprint density at radius 2 is 1.92 bits per heavy atom. The molecule has 2 N–H and O–H groups in total. The minimum absolute atomic E-state index is 0.113. The molecule has 2 heterocycles. The molecule has 0 aliphatic carbocycles. The fourth-order valence-electron chi connectivity index (χ4n) is 3.26. The van der Waals surface area contributed by atoms with Crippen molar-refractivity contribution >= 4 is 28.4 Å². The predicted molar refractivity (Wildman–Crippen MR) is 95.5 cm³/mol. The van der Waals surface area contributed by atoms with Gasteiger partial charge in [0.1, 0.15) is 6.04 Å². The Hall–Kier alpha value is -3.15. The van der Waals surface area contributed by atoms with Crippen molar-refractivity contribution in [3.05, 3.63) is 59.8 Å². The lowest BCUT2D eigenvalue weighted by atomic mass is 10.1. The second-order valence-electron chi connectivity index (χ2n) is 6.18. The molecule has 1 unspecified atom stereocenters. The molecule has 4 rings (SSSR count). The molecule has 0 saturated carbocycles. The van der Waals surface area contributed by atoms with Gasteiger partial charge in [-0.2, -0.15) is 5.10 Å². The van der Waals surface area contributed by atoms with E-state index >= 15 is 0 Å².